The fraction of sp³-hybridized carbons (Fsp3) is 0.316. The molecule has 0 unspecified atom stereocenters. The van der Waals surface area contributed by atoms with E-state index in [1.54, 1.807) is 18.2 Å². The lowest BCUT2D eigenvalue weighted by molar-refractivity contribution is 0.0696. The quantitative estimate of drug-likeness (QED) is 0.703. The molecule has 0 radical (unpaired) electrons. The van der Waals surface area contributed by atoms with Crippen LogP contribution in [0.1, 0.15) is 30.1 Å². The van der Waals surface area contributed by atoms with E-state index in [4.69, 9.17) is 14.6 Å². The van der Waals surface area contributed by atoms with Crippen molar-refractivity contribution in [2.24, 2.45) is 0 Å². The Labute approximate surface area is 136 Å². The molecule has 0 amide bonds. The van der Waals surface area contributed by atoms with Crippen LogP contribution in [-0.2, 0) is 4.74 Å². The summed E-state index contributed by atoms with van der Waals surface area (Å²) >= 11 is 0. The van der Waals surface area contributed by atoms with Crippen LogP contribution >= 0.6 is 0 Å². The van der Waals surface area contributed by atoms with Gasteiger partial charge in [-0.25, -0.2) is 4.79 Å². The Balaban J connectivity index is 2.11. The number of carboxylic acids is 1. The third kappa shape index (κ3) is 5.11. The van der Waals surface area contributed by atoms with Crippen molar-refractivity contribution in [3.05, 3.63) is 54.1 Å². The Hall–Kier alpha value is -2.33. The van der Waals surface area contributed by atoms with E-state index in [9.17, 15) is 4.79 Å². The second kappa shape index (κ2) is 8.96. The molecule has 4 heteroatoms. The molecule has 0 saturated heterocycles. The van der Waals surface area contributed by atoms with Gasteiger partial charge in [0.25, 0.3) is 0 Å². The first-order valence-electron chi connectivity index (χ1n) is 7.85. The van der Waals surface area contributed by atoms with E-state index < -0.39 is 5.97 Å². The van der Waals surface area contributed by atoms with E-state index in [2.05, 4.69) is 6.92 Å². The molecule has 1 N–H and O–H groups in total. The minimum Gasteiger partial charge on any atom is -0.491 e. The molecule has 0 aliphatic carbocycles. The molecule has 0 saturated carbocycles. The lowest BCUT2D eigenvalue weighted by atomic mass is 10.0. The van der Waals surface area contributed by atoms with Gasteiger partial charge in [-0.3, -0.25) is 0 Å². The Morgan fingerprint density at radius 2 is 1.83 bits per heavy atom. The number of hydrogen-bond donors (Lipinski definition) is 1. The van der Waals surface area contributed by atoms with Gasteiger partial charge in [-0.1, -0.05) is 43.7 Å². The van der Waals surface area contributed by atoms with E-state index in [0.717, 1.165) is 30.6 Å². The summed E-state index contributed by atoms with van der Waals surface area (Å²) in [5, 5.41) is 9.16. The highest BCUT2D eigenvalue weighted by molar-refractivity contribution is 5.89. The van der Waals surface area contributed by atoms with Crippen molar-refractivity contribution < 1.29 is 19.4 Å². The van der Waals surface area contributed by atoms with Gasteiger partial charge in [0.15, 0.2) is 0 Å². The molecule has 0 bridgehead atoms. The molecule has 0 aromatic heterocycles. The van der Waals surface area contributed by atoms with Gasteiger partial charge in [0.2, 0.25) is 0 Å². The summed E-state index contributed by atoms with van der Waals surface area (Å²) in [6.07, 6.45) is 2.13. The second-order valence-corrected chi connectivity index (χ2v) is 5.20. The number of unbranched alkanes of at least 4 members (excludes halogenated alkanes) is 1. The topological polar surface area (TPSA) is 55.8 Å². The first-order valence-corrected chi connectivity index (χ1v) is 7.85. The van der Waals surface area contributed by atoms with Gasteiger partial charge in [-0.15, -0.1) is 0 Å². The van der Waals surface area contributed by atoms with Crippen LogP contribution in [0.4, 0.5) is 0 Å². The van der Waals surface area contributed by atoms with Crippen LogP contribution in [0.5, 0.6) is 5.75 Å². The first-order chi connectivity index (χ1) is 11.2. The summed E-state index contributed by atoms with van der Waals surface area (Å²) in [5.41, 5.74) is 2.09. The maximum Gasteiger partial charge on any atom is 0.335 e. The first kappa shape index (κ1) is 17.0. The van der Waals surface area contributed by atoms with Crippen LogP contribution in [0, 0.1) is 0 Å². The van der Waals surface area contributed by atoms with Crippen LogP contribution < -0.4 is 4.74 Å². The number of carboxylic acid groups (broad SMARTS) is 1. The smallest absolute Gasteiger partial charge is 0.335 e. The molecule has 0 aliphatic rings. The van der Waals surface area contributed by atoms with Crippen molar-refractivity contribution in [1.82, 2.24) is 0 Å². The summed E-state index contributed by atoms with van der Waals surface area (Å²) in [5.74, 6) is -0.399. The summed E-state index contributed by atoms with van der Waals surface area (Å²) in [4.78, 5) is 11.2. The summed E-state index contributed by atoms with van der Waals surface area (Å²) in [7, 11) is 0. The molecule has 2 rings (SSSR count). The number of ether oxygens (including phenoxy) is 2. The SMILES string of the molecule is CCCCOCCOc1cc(C(=O)O)ccc1-c1ccccc1. The third-order valence-corrected chi connectivity index (χ3v) is 3.44. The Morgan fingerprint density at radius 3 is 2.52 bits per heavy atom. The average Bonchev–Trinajstić information content (AvgIpc) is 2.58. The monoisotopic (exact) mass is 314 g/mol. The number of aromatic carboxylic acids is 1. The van der Waals surface area contributed by atoms with Crippen LogP contribution in [-0.4, -0.2) is 30.9 Å². The maximum atomic E-state index is 11.2. The van der Waals surface area contributed by atoms with Gasteiger partial charge in [0.05, 0.1) is 12.2 Å². The lowest BCUT2D eigenvalue weighted by Gasteiger charge is -2.13. The van der Waals surface area contributed by atoms with Gasteiger partial charge in [0, 0.05) is 12.2 Å². The van der Waals surface area contributed by atoms with E-state index in [0.29, 0.717) is 19.0 Å². The number of rotatable bonds is 9. The van der Waals surface area contributed by atoms with E-state index >= 15 is 0 Å². The zero-order valence-electron chi connectivity index (χ0n) is 13.3. The van der Waals surface area contributed by atoms with Crippen LogP contribution in [0.15, 0.2) is 48.5 Å². The largest absolute Gasteiger partial charge is 0.491 e. The predicted molar refractivity (Wildman–Crippen MR) is 90.1 cm³/mol. The molecule has 4 nitrogen and oxygen atoms in total. The molecule has 23 heavy (non-hydrogen) atoms. The molecule has 0 heterocycles. The minimum atomic E-state index is -0.964. The zero-order valence-corrected chi connectivity index (χ0v) is 13.3. The van der Waals surface area contributed by atoms with Crippen LogP contribution in [0.3, 0.4) is 0 Å². The maximum absolute atomic E-state index is 11.2. The highest BCUT2D eigenvalue weighted by Crippen LogP contribution is 2.31. The molecular weight excluding hydrogens is 292 g/mol. The number of hydrogen-bond acceptors (Lipinski definition) is 3. The lowest BCUT2D eigenvalue weighted by Crippen LogP contribution is -2.08. The average molecular weight is 314 g/mol. The molecule has 0 spiro atoms. The molecule has 2 aromatic carbocycles. The Morgan fingerprint density at radius 1 is 1.04 bits per heavy atom. The van der Waals surface area contributed by atoms with Crippen molar-refractivity contribution in [2.75, 3.05) is 19.8 Å². The molecule has 122 valence electrons. The number of benzene rings is 2. The highest BCUT2D eigenvalue weighted by Gasteiger charge is 2.11. The van der Waals surface area contributed by atoms with Crippen molar-refractivity contribution in [2.45, 2.75) is 19.8 Å². The molecule has 2 aromatic rings. The Kier molecular flexibility index (Phi) is 6.63. The molecular formula is C19H22O4. The summed E-state index contributed by atoms with van der Waals surface area (Å²) in [6.45, 7) is 3.72. The van der Waals surface area contributed by atoms with Crippen LogP contribution in [0.25, 0.3) is 11.1 Å². The van der Waals surface area contributed by atoms with Crippen molar-refractivity contribution in [3.63, 3.8) is 0 Å². The molecule has 0 aliphatic heterocycles. The highest BCUT2D eigenvalue weighted by atomic mass is 16.5. The van der Waals surface area contributed by atoms with E-state index in [-0.39, 0.29) is 5.56 Å². The van der Waals surface area contributed by atoms with Gasteiger partial charge < -0.3 is 14.6 Å². The van der Waals surface area contributed by atoms with Crippen molar-refractivity contribution in [3.8, 4) is 16.9 Å². The fourth-order valence-corrected chi connectivity index (χ4v) is 2.19. The third-order valence-electron chi connectivity index (χ3n) is 3.44. The zero-order chi connectivity index (χ0) is 16.5. The predicted octanol–water partition coefficient (Wildman–Crippen LogP) is 4.25. The van der Waals surface area contributed by atoms with Crippen molar-refractivity contribution in [1.29, 1.82) is 0 Å². The van der Waals surface area contributed by atoms with Gasteiger partial charge in [-0.2, -0.15) is 0 Å². The standard InChI is InChI=1S/C19H22O4/c1-2-3-11-22-12-13-23-18-14-16(19(20)21)9-10-17(18)15-7-5-4-6-8-15/h4-10,14H,2-3,11-13H2,1H3,(H,20,21). The molecule has 0 fully saturated rings. The molecule has 0 atom stereocenters. The van der Waals surface area contributed by atoms with E-state index in [1.165, 1.54) is 0 Å². The minimum absolute atomic E-state index is 0.214. The van der Waals surface area contributed by atoms with Crippen molar-refractivity contribution >= 4 is 5.97 Å². The summed E-state index contributed by atoms with van der Waals surface area (Å²) < 4.78 is 11.3. The summed E-state index contributed by atoms with van der Waals surface area (Å²) in [6, 6.07) is 14.7. The van der Waals surface area contributed by atoms with Crippen LogP contribution in [0.2, 0.25) is 0 Å². The van der Waals surface area contributed by atoms with Gasteiger partial charge in [-0.05, 0) is 30.2 Å². The second-order valence-electron chi connectivity index (χ2n) is 5.20. The normalized spacial score (nSPS) is 10.5. The number of carbonyl (C=O) groups is 1. The van der Waals surface area contributed by atoms with Gasteiger partial charge in [0.1, 0.15) is 12.4 Å². The Bertz CT molecular complexity index is 623. The fourth-order valence-electron chi connectivity index (χ4n) is 2.19. The van der Waals surface area contributed by atoms with E-state index in [1.807, 2.05) is 30.3 Å². The van der Waals surface area contributed by atoms with Gasteiger partial charge >= 0.3 is 5.97 Å².